The van der Waals surface area contributed by atoms with E-state index in [2.05, 4.69) is 26.9 Å². The Kier molecular flexibility index (Phi) is 6.23. The van der Waals surface area contributed by atoms with Crippen molar-refractivity contribution in [3.63, 3.8) is 0 Å². The second kappa shape index (κ2) is 9.48. The first-order chi connectivity index (χ1) is 16.9. The van der Waals surface area contributed by atoms with E-state index < -0.39 is 0 Å². The molecule has 9 nitrogen and oxygen atoms in total. The molecule has 0 N–H and O–H groups in total. The standard InChI is InChI=1S/C26H30N6O3/c1-4-23-28-25(29-35-23)19-6-8-22(27-15-19)30-9-11-31(12-10-30)26(34)20-14-24(33)32(16-20)21-7-5-17(2)18(3)13-21/h5-8,13,15,20H,4,9-12,14,16H2,1-3H3. The third-order valence-electron chi connectivity index (χ3n) is 6.97. The third kappa shape index (κ3) is 4.62. The van der Waals surface area contributed by atoms with Gasteiger partial charge in [-0.05, 0) is 49.2 Å². The fourth-order valence-corrected chi connectivity index (χ4v) is 4.65. The van der Waals surface area contributed by atoms with Gasteiger partial charge in [0.2, 0.25) is 23.5 Å². The average molecular weight is 475 g/mol. The van der Waals surface area contributed by atoms with Crippen LogP contribution in [0.25, 0.3) is 11.4 Å². The lowest BCUT2D eigenvalue weighted by Crippen LogP contribution is -2.51. The molecule has 182 valence electrons. The summed E-state index contributed by atoms with van der Waals surface area (Å²) in [5.41, 5.74) is 4.02. The van der Waals surface area contributed by atoms with E-state index in [1.54, 1.807) is 11.1 Å². The highest BCUT2D eigenvalue weighted by Gasteiger charge is 2.38. The Labute approximate surface area is 204 Å². The van der Waals surface area contributed by atoms with Crippen LogP contribution >= 0.6 is 0 Å². The maximum Gasteiger partial charge on any atom is 0.228 e. The molecule has 2 aliphatic rings. The number of aryl methyl sites for hydroxylation is 3. The molecule has 1 atom stereocenters. The highest BCUT2D eigenvalue weighted by atomic mass is 16.5. The van der Waals surface area contributed by atoms with Crippen molar-refractivity contribution in [3.05, 3.63) is 53.5 Å². The van der Waals surface area contributed by atoms with Crippen LogP contribution in [-0.4, -0.2) is 64.6 Å². The van der Waals surface area contributed by atoms with Crippen LogP contribution in [0.3, 0.4) is 0 Å². The number of benzene rings is 1. The van der Waals surface area contributed by atoms with Crippen LogP contribution in [-0.2, 0) is 16.0 Å². The van der Waals surface area contributed by atoms with Crippen molar-refractivity contribution in [1.82, 2.24) is 20.0 Å². The van der Waals surface area contributed by atoms with Crippen LogP contribution in [0.5, 0.6) is 0 Å². The summed E-state index contributed by atoms with van der Waals surface area (Å²) in [5, 5.41) is 3.99. The number of piperazine rings is 1. The summed E-state index contributed by atoms with van der Waals surface area (Å²) in [7, 11) is 0. The molecule has 5 rings (SSSR count). The summed E-state index contributed by atoms with van der Waals surface area (Å²) < 4.78 is 5.18. The van der Waals surface area contributed by atoms with E-state index >= 15 is 0 Å². The summed E-state index contributed by atoms with van der Waals surface area (Å²) >= 11 is 0. The molecule has 1 aromatic carbocycles. The van der Waals surface area contributed by atoms with E-state index in [1.807, 2.05) is 49.1 Å². The zero-order valence-electron chi connectivity index (χ0n) is 20.4. The number of hydrogen-bond donors (Lipinski definition) is 0. The molecular formula is C26H30N6O3. The lowest BCUT2D eigenvalue weighted by atomic mass is 10.1. The molecule has 9 heteroatoms. The maximum absolute atomic E-state index is 13.2. The molecule has 2 aromatic heterocycles. The first-order valence-electron chi connectivity index (χ1n) is 12.1. The lowest BCUT2D eigenvalue weighted by molar-refractivity contribution is -0.136. The molecule has 0 aliphatic carbocycles. The number of carbonyl (C=O) groups is 2. The van der Waals surface area contributed by atoms with Crippen LogP contribution in [0, 0.1) is 19.8 Å². The molecule has 2 saturated heterocycles. The van der Waals surface area contributed by atoms with Crippen molar-refractivity contribution in [2.24, 2.45) is 5.92 Å². The molecule has 3 aromatic rings. The first kappa shape index (κ1) is 23.0. The number of rotatable bonds is 5. The van der Waals surface area contributed by atoms with Gasteiger partial charge in [0.15, 0.2) is 0 Å². The van der Waals surface area contributed by atoms with Crippen molar-refractivity contribution in [1.29, 1.82) is 0 Å². The van der Waals surface area contributed by atoms with Crippen molar-refractivity contribution < 1.29 is 14.1 Å². The van der Waals surface area contributed by atoms with E-state index in [4.69, 9.17) is 4.52 Å². The number of amides is 2. The van der Waals surface area contributed by atoms with Crippen molar-refractivity contribution in [3.8, 4) is 11.4 Å². The van der Waals surface area contributed by atoms with E-state index in [0.29, 0.717) is 50.9 Å². The van der Waals surface area contributed by atoms with Gasteiger partial charge >= 0.3 is 0 Å². The minimum absolute atomic E-state index is 0.0159. The summed E-state index contributed by atoms with van der Waals surface area (Å²) in [6.45, 7) is 9.12. The smallest absolute Gasteiger partial charge is 0.228 e. The number of aromatic nitrogens is 3. The molecule has 2 amide bonds. The molecular weight excluding hydrogens is 444 g/mol. The van der Waals surface area contributed by atoms with Crippen LogP contribution in [0.15, 0.2) is 41.1 Å². The molecule has 4 heterocycles. The van der Waals surface area contributed by atoms with Gasteiger partial charge < -0.3 is 19.2 Å². The van der Waals surface area contributed by atoms with Gasteiger partial charge in [0.05, 0.1) is 5.92 Å². The van der Waals surface area contributed by atoms with Crippen LogP contribution in [0.1, 0.15) is 30.4 Å². The highest BCUT2D eigenvalue weighted by molar-refractivity contribution is 6.00. The van der Waals surface area contributed by atoms with Gasteiger partial charge in [-0.1, -0.05) is 18.1 Å². The molecule has 0 saturated carbocycles. The third-order valence-corrected chi connectivity index (χ3v) is 6.97. The average Bonchev–Trinajstić information content (AvgIpc) is 3.52. The van der Waals surface area contributed by atoms with E-state index in [9.17, 15) is 9.59 Å². The Balaban J connectivity index is 1.17. The van der Waals surface area contributed by atoms with Gasteiger partial charge in [-0.25, -0.2) is 4.98 Å². The zero-order chi connectivity index (χ0) is 24.5. The molecule has 35 heavy (non-hydrogen) atoms. The topological polar surface area (TPSA) is 95.7 Å². The summed E-state index contributed by atoms with van der Waals surface area (Å²) in [5.74, 6) is 1.79. The molecule has 0 bridgehead atoms. The van der Waals surface area contributed by atoms with E-state index in [-0.39, 0.29) is 24.2 Å². The summed E-state index contributed by atoms with van der Waals surface area (Å²) in [6.07, 6.45) is 2.72. The minimum Gasteiger partial charge on any atom is -0.353 e. The van der Waals surface area contributed by atoms with Gasteiger partial charge in [-0.15, -0.1) is 0 Å². The SMILES string of the molecule is CCc1nc(-c2ccc(N3CCN(C(=O)C4CC(=O)N(c5ccc(C)c(C)c5)C4)CC3)nc2)no1. The number of anilines is 2. The summed E-state index contributed by atoms with van der Waals surface area (Å²) in [4.78, 5) is 40.6. The quantitative estimate of drug-likeness (QED) is 0.561. The predicted octanol–water partition coefficient (Wildman–Crippen LogP) is 3.01. The number of hydrogen-bond acceptors (Lipinski definition) is 7. The summed E-state index contributed by atoms with van der Waals surface area (Å²) in [6, 6.07) is 9.91. The van der Waals surface area contributed by atoms with Gasteiger partial charge in [0.1, 0.15) is 5.82 Å². The zero-order valence-corrected chi connectivity index (χ0v) is 20.4. The predicted molar refractivity (Wildman–Crippen MR) is 132 cm³/mol. The van der Waals surface area contributed by atoms with Gasteiger partial charge in [-0.3, -0.25) is 9.59 Å². The number of pyridine rings is 1. The van der Waals surface area contributed by atoms with Crippen molar-refractivity contribution >= 4 is 23.3 Å². The number of carbonyl (C=O) groups excluding carboxylic acids is 2. The normalized spacial score (nSPS) is 18.4. The monoisotopic (exact) mass is 474 g/mol. The Bertz CT molecular complexity index is 1230. The highest BCUT2D eigenvalue weighted by Crippen LogP contribution is 2.28. The van der Waals surface area contributed by atoms with Crippen molar-refractivity contribution in [2.45, 2.75) is 33.6 Å². The molecule has 0 radical (unpaired) electrons. The molecule has 2 fully saturated rings. The second-order valence-corrected chi connectivity index (χ2v) is 9.26. The largest absolute Gasteiger partial charge is 0.353 e. The van der Waals surface area contributed by atoms with Crippen LogP contribution in [0.2, 0.25) is 0 Å². The van der Waals surface area contributed by atoms with Crippen molar-refractivity contribution in [2.75, 3.05) is 42.5 Å². The van der Waals surface area contributed by atoms with E-state index in [1.165, 1.54) is 5.56 Å². The lowest BCUT2D eigenvalue weighted by Gasteiger charge is -2.36. The fourth-order valence-electron chi connectivity index (χ4n) is 4.65. The van der Waals surface area contributed by atoms with Gasteiger partial charge in [-0.2, -0.15) is 4.98 Å². The second-order valence-electron chi connectivity index (χ2n) is 9.26. The van der Waals surface area contributed by atoms with E-state index in [0.717, 1.165) is 22.6 Å². The number of nitrogens with zero attached hydrogens (tertiary/aromatic N) is 6. The Hall–Kier alpha value is -3.75. The fraction of sp³-hybridized carbons (Fsp3) is 0.423. The van der Waals surface area contributed by atoms with Crippen LogP contribution in [0.4, 0.5) is 11.5 Å². The molecule has 2 aliphatic heterocycles. The first-order valence-corrected chi connectivity index (χ1v) is 12.1. The maximum atomic E-state index is 13.2. The van der Waals surface area contributed by atoms with Crippen LogP contribution < -0.4 is 9.80 Å². The minimum atomic E-state index is -0.295. The van der Waals surface area contributed by atoms with Gasteiger partial charge in [0.25, 0.3) is 0 Å². The Morgan fingerprint density at radius 1 is 1.09 bits per heavy atom. The molecule has 1 unspecified atom stereocenters. The Morgan fingerprint density at radius 3 is 2.54 bits per heavy atom. The van der Waals surface area contributed by atoms with Gasteiger partial charge in [0, 0.05) is 63.0 Å². The molecule has 0 spiro atoms. The Morgan fingerprint density at radius 2 is 1.89 bits per heavy atom.